The Hall–Kier alpha value is -3.28. The highest BCUT2D eigenvalue weighted by Gasteiger charge is 2.45. The normalized spacial score (nSPS) is 14.2. The van der Waals surface area contributed by atoms with E-state index in [4.69, 9.17) is 9.47 Å². The molecule has 0 atom stereocenters. The van der Waals surface area contributed by atoms with Crippen LogP contribution in [-0.4, -0.2) is 57.2 Å². The molecule has 3 rings (SSSR count). The minimum atomic E-state index is -1.10. The molecule has 0 saturated carbocycles. The van der Waals surface area contributed by atoms with Gasteiger partial charge in [0, 0.05) is 38.0 Å². The second-order valence-electron chi connectivity index (χ2n) is 7.39. The van der Waals surface area contributed by atoms with Crippen molar-refractivity contribution >= 4 is 41.1 Å². The molecule has 0 aromatic heterocycles. The summed E-state index contributed by atoms with van der Waals surface area (Å²) in [5, 5.41) is 11.8. The van der Waals surface area contributed by atoms with E-state index in [1.54, 1.807) is 32.1 Å². The van der Waals surface area contributed by atoms with Gasteiger partial charge in [-0.15, -0.1) is 0 Å². The summed E-state index contributed by atoms with van der Waals surface area (Å²) in [5.41, 5.74) is 2.06. The Bertz CT molecular complexity index is 1050. The van der Waals surface area contributed by atoms with Crippen LogP contribution >= 0.6 is 11.8 Å². The van der Waals surface area contributed by atoms with Crippen LogP contribution in [-0.2, 0) is 20.9 Å². The molecular formula is C23H29N5O5S. The van der Waals surface area contributed by atoms with Crippen LogP contribution in [0.5, 0.6) is 5.75 Å². The molecule has 4 N–H and O–H groups in total. The minimum Gasteiger partial charge on any atom is -0.445 e. The maximum absolute atomic E-state index is 13.5. The predicted octanol–water partition coefficient (Wildman–Crippen LogP) is 2.11. The molecule has 2 aromatic rings. The second-order valence-corrected chi connectivity index (χ2v) is 8.64. The molecule has 0 aliphatic carbocycles. The van der Waals surface area contributed by atoms with Crippen LogP contribution < -0.4 is 30.9 Å². The first-order valence-corrected chi connectivity index (χ1v) is 11.5. The van der Waals surface area contributed by atoms with Gasteiger partial charge < -0.3 is 25.0 Å². The Labute approximate surface area is 202 Å². The molecule has 11 heteroatoms. The van der Waals surface area contributed by atoms with Crippen LogP contribution in [0.3, 0.4) is 0 Å². The van der Waals surface area contributed by atoms with E-state index in [2.05, 4.69) is 21.3 Å². The van der Waals surface area contributed by atoms with Gasteiger partial charge >= 0.3 is 12.1 Å². The second kappa shape index (κ2) is 11.2. The van der Waals surface area contributed by atoms with Crippen molar-refractivity contribution in [3.8, 4) is 5.75 Å². The zero-order valence-corrected chi connectivity index (χ0v) is 20.4. The lowest BCUT2D eigenvalue weighted by Gasteiger charge is -2.41. The number of carbonyl (C=O) groups excluding carboxylic acids is 3. The third-order valence-corrected chi connectivity index (χ3v) is 6.64. The largest absolute Gasteiger partial charge is 0.445 e. The number of nitrogens with zero attached hydrogens (tertiary/aromatic N) is 1. The number of hydrogen-bond acceptors (Lipinski definition) is 9. The summed E-state index contributed by atoms with van der Waals surface area (Å²) in [5.74, 6) is -0.412. The lowest BCUT2D eigenvalue weighted by molar-refractivity contribution is -0.131. The van der Waals surface area contributed by atoms with E-state index < -0.39 is 17.1 Å². The monoisotopic (exact) mass is 487 g/mol. The number of rotatable bonds is 9. The van der Waals surface area contributed by atoms with Crippen molar-refractivity contribution in [1.82, 2.24) is 16.0 Å². The van der Waals surface area contributed by atoms with Gasteiger partial charge in [-0.2, -0.15) is 0 Å². The number of anilines is 2. The molecule has 0 radical (unpaired) electrons. The Morgan fingerprint density at radius 1 is 1.09 bits per heavy atom. The Morgan fingerprint density at radius 2 is 1.79 bits per heavy atom. The van der Waals surface area contributed by atoms with Gasteiger partial charge in [-0.3, -0.25) is 20.2 Å². The fraction of sp³-hybridized carbons (Fsp3) is 0.348. The number of alkyl carbamates (subject to hydrolysis) is 1. The number of amides is 2. The van der Waals surface area contributed by atoms with Crippen LogP contribution in [0, 0.1) is 0 Å². The average Bonchev–Trinajstić information content (AvgIpc) is 2.84. The zero-order valence-electron chi connectivity index (χ0n) is 19.6. The molecule has 2 aromatic carbocycles. The van der Waals surface area contributed by atoms with E-state index in [1.165, 1.54) is 18.7 Å². The quantitative estimate of drug-likeness (QED) is 0.239. The number of nitrogens with one attached hydrogen (secondary N) is 4. The number of ether oxygens (including phenoxy) is 2. The minimum absolute atomic E-state index is 0.149. The molecule has 182 valence electrons. The van der Waals surface area contributed by atoms with Gasteiger partial charge in [0.05, 0.1) is 11.4 Å². The summed E-state index contributed by atoms with van der Waals surface area (Å²) in [7, 11) is 5.10. The molecule has 1 aliphatic rings. The summed E-state index contributed by atoms with van der Waals surface area (Å²) in [6, 6.07) is 12.8. The fourth-order valence-corrected chi connectivity index (χ4v) is 4.67. The van der Waals surface area contributed by atoms with Gasteiger partial charge in [0.1, 0.15) is 6.61 Å². The van der Waals surface area contributed by atoms with Crippen LogP contribution in [0.4, 0.5) is 16.2 Å². The van der Waals surface area contributed by atoms with E-state index in [-0.39, 0.29) is 25.6 Å². The molecule has 1 aliphatic heterocycles. The third kappa shape index (κ3) is 5.61. The summed E-state index contributed by atoms with van der Waals surface area (Å²) >= 11 is 1.31. The molecule has 0 saturated heterocycles. The molecule has 1 heterocycles. The van der Waals surface area contributed by atoms with Crippen LogP contribution in [0.1, 0.15) is 12.5 Å². The maximum atomic E-state index is 13.5. The third-order valence-electron chi connectivity index (χ3n) is 5.21. The summed E-state index contributed by atoms with van der Waals surface area (Å²) in [4.78, 5) is 38.4. The highest BCUT2D eigenvalue weighted by atomic mass is 32.2. The van der Waals surface area contributed by atoms with Crippen molar-refractivity contribution in [2.45, 2.75) is 23.4 Å². The van der Waals surface area contributed by atoms with Crippen LogP contribution in [0.25, 0.3) is 0 Å². The van der Waals surface area contributed by atoms with Crippen molar-refractivity contribution in [2.24, 2.45) is 0 Å². The molecule has 0 fully saturated rings. The zero-order chi connectivity index (χ0) is 24.7. The smallest absolute Gasteiger partial charge is 0.407 e. The number of fused-ring (bicyclic) bond motifs is 1. The molecule has 0 unspecified atom stereocenters. The molecular weight excluding hydrogens is 458 g/mol. The van der Waals surface area contributed by atoms with Gasteiger partial charge in [0.25, 0.3) is 5.91 Å². The van der Waals surface area contributed by atoms with Crippen molar-refractivity contribution in [1.29, 1.82) is 0 Å². The van der Waals surface area contributed by atoms with E-state index in [1.807, 2.05) is 36.4 Å². The van der Waals surface area contributed by atoms with Gasteiger partial charge in [-0.1, -0.05) is 42.1 Å². The van der Waals surface area contributed by atoms with Gasteiger partial charge in [0.15, 0.2) is 5.75 Å². The SMILES string of the molecule is CNc1cc2c(cc1OC(C)=O)N(CCNC(=O)OCc1ccccc1)C(=O)C(NC)(NC)S2. The highest BCUT2D eigenvalue weighted by Crippen LogP contribution is 2.46. The Morgan fingerprint density at radius 3 is 2.41 bits per heavy atom. The molecule has 34 heavy (non-hydrogen) atoms. The van der Waals surface area contributed by atoms with Crippen molar-refractivity contribution in [2.75, 3.05) is 44.4 Å². The van der Waals surface area contributed by atoms with Crippen molar-refractivity contribution in [3.63, 3.8) is 0 Å². The number of benzene rings is 2. The standard InChI is InChI=1S/C23H29N5O5S/c1-15(29)33-19-13-18-20(12-17(19)24-2)34-23(25-3,26-4)21(30)28(18)11-10-27-22(31)32-14-16-8-6-5-7-9-16/h5-9,12-13,24-26H,10-11,14H2,1-4H3,(H,27,31). The van der Waals surface area contributed by atoms with Crippen molar-refractivity contribution in [3.05, 3.63) is 48.0 Å². The van der Waals surface area contributed by atoms with Crippen LogP contribution in [0.2, 0.25) is 0 Å². The number of hydrogen-bond donors (Lipinski definition) is 4. The first-order chi connectivity index (χ1) is 16.3. The Kier molecular flexibility index (Phi) is 8.37. The van der Waals surface area contributed by atoms with Gasteiger partial charge in [0.2, 0.25) is 4.99 Å². The highest BCUT2D eigenvalue weighted by molar-refractivity contribution is 8.01. The van der Waals surface area contributed by atoms with E-state index in [0.717, 1.165) is 10.5 Å². The molecule has 0 spiro atoms. The van der Waals surface area contributed by atoms with E-state index in [0.29, 0.717) is 17.1 Å². The number of esters is 1. The lowest BCUT2D eigenvalue weighted by atomic mass is 10.2. The molecule has 10 nitrogen and oxygen atoms in total. The number of thioether (sulfide) groups is 1. The van der Waals surface area contributed by atoms with Gasteiger partial charge in [-0.05, 0) is 25.7 Å². The van der Waals surface area contributed by atoms with Gasteiger partial charge in [-0.25, -0.2) is 4.79 Å². The maximum Gasteiger partial charge on any atom is 0.407 e. The number of carbonyl (C=O) groups is 3. The molecule has 2 amide bonds. The first-order valence-electron chi connectivity index (χ1n) is 10.7. The van der Waals surface area contributed by atoms with E-state index >= 15 is 0 Å². The summed E-state index contributed by atoms with van der Waals surface area (Å²) < 4.78 is 10.6. The average molecular weight is 488 g/mol. The number of likely N-dealkylation sites (N-methyl/N-ethyl adjacent to an activating group) is 2. The fourth-order valence-electron chi connectivity index (χ4n) is 3.49. The van der Waals surface area contributed by atoms with Crippen molar-refractivity contribution < 1.29 is 23.9 Å². The lowest BCUT2D eigenvalue weighted by Crippen LogP contribution is -2.64. The topological polar surface area (TPSA) is 121 Å². The van der Waals surface area contributed by atoms with E-state index in [9.17, 15) is 14.4 Å². The van der Waals surface area contributed by atoms with Crippen LogP contribution in [0.15, 0.2) is 47.4 Å². The molecule has 0 bridgehead atoms. The Balaban J connectivity index is 1.78. The summed E-state index contributed by atoms with van der Waals surface area (Å²) in [6.07, 6.45) is -0.581. The predicted molar refractivity (Wildman–Crippen MR) is 131 cm³/mol. The first kappa shape index (κ1) is 25.3. The summed E-state index contributed by atoms with van der Waals surface area (Å²) in [6.45, 7) is 1.80.